The number of aromatic nitrogens is 2. The van der Waals surface area contributed by atoms with Crippen LogP contribution in [0.4, 0.5) is 5.95 Å². The number of aromatic amines is 1. The van der Waals surface area contributed by atoms with E-state index in [0.717, 1.165) is 25.7 Å². The summed E-state index contributed by atoms with van der Waals surface area (Å²) in [5, 5.41) is 1.19. The van der Waals surface area contributed by atoms with Crippen molar-refractivity contribution < 1.29 is 4.79 Å². The van der Waals surface area contributed by atoms with E-state index in [1.807, 2.05) is 0 Å². The number of nitrogens with two attached hydrogens (primary N) is 1. The fourth-order valence-corrected chi connectivity index (χ4v) is 1.66. The molecule has 0 saturated carbocycles. The molecule has 1 aromatic heterocycles. The van der Waals surface area contributed by atoms with Gasteiger partial charge in [0.25, 0.3) is 5.56 Å². The minimum absolute atomic E-state index is 0.210. The fourth-order valence-electron chi connectivity index (χ4n) is 1.66. The minimum atomic E-state index is -0.372. The number of unbranched alkanes of at least 4 members (excludes halogenated alkanes) is 3. The zero-order valence-corrected chi connectivity index (χ0v) is 11.2. The van der Waals surface area contributed by atoms with Crippen LogP contribution in [0.3, 0.4) is 0 Å². The molecule has 0 atom stereocenters. The first-order chi connectivity index (χ1) is 9.17. The number of anilines is 1. The Balaban J connectivity index is 2.45. The Morgan fingerprint density at radius 1 is 1.42 bits per heavy atom. The van der Waals surface area contributed by atoms with Crippen LogP contribution in [-0.4, -0.2) is 29.5 Å². The van der Waals surface area contributed by atoms with Crippen LogP contribution in [0.5, 0.6) is 0 Å². The lowest BCUT2D eigenvalue weighted by Crippen LogP contribution is -2.39. The number of carbonyl (C=O) groups is 1. The number of hydrazine groups is 1. The number of hydrogen-bond donors (Lipinski definition) is 3. The van der Waals surface area contributed by atoms with Gasteiger partial charge < -0.3 is 10.7 Å². The molecule has 1 aromatic rings. The Hall–Kier alpha value is -1.73. The van der Waals surface area contributed by atoms with Crippen LogP contribution in [0.1, 0.15) is 31.4 Å². The molecule has 0 aliphatic heterocycles. The molecule has 7 heteroatoms. The van der Waals surface area contributed by atoms with Crippen molar-refractivity contribution in [2.24, 2.45) is 5.73 Å². The highest BCUT2D eigenvalue weighted by molar-refractivity contribution is 5.69. The minimum Gasteiger partial charge on any atom is -0.330 e. The lowest BCUT2D eigenvalue weighted by Gasteiger charge is -2.17. The highest BCUT2D eigenvalue weighted by atomic mass is 16.1. The number of hydrogen-bond acceptors (Lipinski definition) is 5. The summed E-state index contributed by atoms with van der Waals surface area (Å²) in [5.41, 5.74) is 8.61. The molecule has 1 heterocycles. The van der Waals surface area contributed by atoms with Crippen LogP contribution in [0.15, 0.2) is 10.9 Å². The van der Waals surface area contributed by atoms with Crippen molar-refractivity contribution in [2.75, 3.05) is 18.1 Å². The van der Waals surface area contributed by atoms with Gasteiger partial charge in [-0.05, 0) is 26.3 Å². The van der Waals surface area contributed by atoms with Crippen LogP contribution in [0.25, 0.3) is 0 Å². The molecule has 0 aromatic carbocycles. The van der Waals surface area contributed by atoms with Crippen molar-refractivity contribution in [3.05, 3.63) is 22.1 Å². The Morgan fingerprint density at radius 3 is 2.79 bits per heavy atom. The number of rotatable bonds is 9. The number of nitrogens with one attached hydrogen (secondary N) is 2. The predicted octanol–water partition coefficient (Wildman–Crippen LogP) is 0.0648. The van der Waals surface area contributed by atoms with Gasteiger partial charge in [0.05, 0.1) is 0 Å². The second-order valence-electron chi connectivity index (χ2n) is 4.31. The normalized spacial score (nSPS) is 10.4. The average molecular weight is 267 g/mol. The van der Waals surface area contributed by atoms with E-state index in [-0.39, 0.29) is 11.5 Å². The maximum absolute atomic E-state index is 11.3. The van der Waals surface area contributed by atoms with E-state index in [1.54, 1.807) is 6.92 Å². The highest BCUT2D eigenvalue weighted by Crippen LogP contribution is 2.01. The van der Waals surface area contributed by atoms with Gasteiger partial charge in [0.1, 0.15) is 0 Å². The summed E-state index contributed by atoms with van der Waals surface area (Å²) >= 11 is 0. The van der Waals surface area contributed by atoms with Gasteiger partial charge in [-0.25, -0.2) is 10.4 Å². The van der Waals surface area contributed by atoms with Gasteiger partial charge in [-0.2, -0.15) is 4.98 Å². The van der Waals surface area contributed by atoms with E-state index in [4.69, 9.17) is 5.73 Å². The fraction of sp³-hybridized carbons (Fsp3) is 0.583. The molecule has 0 radical (unpaired) electrons. The van der Waals surface area contributed by atoms with Crippen molar-refractivity contribution >= 4 is 12.4 Å². The van der Waals surface area contributed by atoms with Crippen LogP contribution in [-0.2, 0) is 4.79 Å². The maximum Gasteiger partial charge on any atom is 0.274 e. The van der Waals surface area contributed by atoms with Gasteiger partial charge >= 0.3 is 0 Å². The highest BCUT2D eigenvalue weighted by Gasteiger charge is 2.07. The number of nitrogens with zero attached hydrogens (tertiary/aromatic N) is 2. The Kier molecular flexibility index (Phi) is 6.76. The van der Waals surface area contributed by atoms with E-state index in [9.17, 15) is 9.59 Å². The van der Waals surface area contributed by atoms with Crippen LogP contribution in [0.2, 0.25) is 0 Å². The van der Waals surface area contributed by atoms with E-state index < -0.39 is 0 Å². The third-order valence-corrected chi connectivity index (χ3v) is 2.61. The standard InChI is InChI=1S/C12H21N5O2/c1-10-8-11(19)16-12(15-10)17(9-18)14-7-5-3-2-4-6-13/h8-9,14H,2-7,13H2,1H3,(H,15,16,19). The molecule has 0 bridgehead atoms. The van der Waals surface area contributed by atoms with E-state index >= 15 is 0 Å². The molecule has 0 fully saturated rings. The molecule has 0 aliphatic rings. The van der Waals surface area contributed by atoms with Crippen molar-refractivity contribution in [3.63, 3.8) is 0 Å². The molecule has 19 heavy (non-hydrogen) atoms. The molecular weight excluding hydrogens is 246 g/mol. The summed E-state index contributed by atoms with van der Waals surface area (Å²) in [6, 6.07) is 1.37. The van der Waals surface area contributed by atoms with Crippen LogP contribution >= 0.6 is 0 Å². The summed E-state index contributed by atoms with van der Waals surface area (Å²) in [7, 11) is 0. The topological polar surface area (TPSA) is 104 Å². The molecule has 7 nitrogen and oxygen atoms in total. The zero-order valence-electron chi connectivity index (χ0n) is 11.2. The van der Waals surface area contributed by atoms with Gasteiger partial charge in [0, 0.05) is 18.3 Å². The number of aryl methyl sites for hydroxylation is 1. The molecule has 0 unspecified atom stereocenters. The van der Waals surface area contributed by atoms with Gasteiger partial charge in [-0.3, -0.25) is 9.59 Å². The first kappa shape index (κ1) is 15.3. The molecule has 0 aliphatic carbocycles. The van der Waals surface area contributed by atoms with E-state index in [0.29, 0.717) is 25.2 Å². The lowest BCUT2D eigenvalue weighted by molar-refractivity contribution is -0.108. The Bertz CT molecular complexity index is 446. The molecule has 106 valence electrons. The smallest absolute Gasteiger partial charge is 0.274 e. The molecular formula is C12H21N5O2. The SMILES string of the molecule is Cc1cc(=O)nc(N(C=O)NCCCCCCN)[nH]1. The Labute approximate surface area is 112 Å². The molecule has 0 saturated heterocycles. The van der Waals surface area contributed by atoms with Crippen molar-refractivity contribution in [2.45, 2.75) is 32.6 Å². The summed E-state index contributed by atoms with van der Waals surface area (Å²) in [5.74, 6) is 0.210. The van der Waals surface area contributed by atoms with Crippen LogP contribution < -0.4 is 21.7 Å². The van der Waals surface area contributed by atoms with Gasteiger partial charge in [0.2, 0.25) is 12.4 Å². The summed E-state index contributed by atoms with van der Waals surface area (Å²) in [4.78, 5) is 28.8. The monoisotopic (exact) mass is 267 g/mol. The summed E-state index contributed by atoms with van der Waals surface area (Å²) < 4.78 is 0. The van der Waals surface area contributed by atoms with Crippen molar-refractivity contribution in [1.29, 1.82) is 0 Å². The molecule has 0 spiro atoms. The summed E-state index contributed by atoms with van der Waals surface area (Å²) in [6.45, 7) is 3.09. The number of carbonyl (C=O) groups excluding carboxylic acids is 1. The molecule has 4 N–H and O–H groups in total. The van der Waals surface area contributed by atoms with Gasteiger partial charge in [-0.1, -0.05) is 12.8 Å². The average Bonchev–Trinajstić information content (AvgIpc) is 2.37. The molecule has 1 amide bonds. The third kappa shape index (κ3) is 5.62. The lowest BCUT2D eigenvalue weighted by atomic mass is 10.2. The van der Waals surface area contributed by atoms with E-state index in [1.165, 1.54) is 11.1 Å². The summed E-state index contributed by atoms with van der Waals surface area (Å²) in [6.07, 6.45) is 4.68. The second kappa shape index (κ2) is 8.39. The second-order valence-corrected chi connectivity index (χ2v) is 4.31. The van der Waals surface area contributed by atoms with Gasteiger partial charge in [-0.15, -0.1) is 0 Å². The maximum atomic E-state index is 11.3. The zero-order chi connectivity index (χ0) is 14.1. The predicted molar refractivity (Wildman–Crippen MR) is 73.7 cm³/mol. The number of amides is 1. The van der Waals surface area contributed by atoms with E-state index in [2.05, 4.69) is 15.4 Å². The quantitative estimate of drug-likeness (QED) is 0.333. The largest absolute Gasteiger partial charge is 0.330 e. The first-order valence-electron chi connectivity index (χ1n) is 6.43. The molecule has 1 rings (SSSR count). The van der Waals surface area contributed by atoms with Gasteiger partial charge in [0.15, 0.2) is 0 Å². The Morgan fingerprint density at radius 2 is 2.16 bits per heavy atom. The van der Waals surface area contributed by atoms with Crippen molar-refractivity contribution in [3.8, 4) is 0 Å². The van der Waals surface area contributed by atoms with Crippen LogP contribution in [0, 0.1) is 6.92 Å². The number of H-pyrrole nitrogens is 1. The first-order valence-corrected chi connectivity index (χ1v) is 6.43. The third-order valence-electron chi connectivity index (χ3n) is 2.61. The van der Waals surface area contributed by atoms with Crippen molar-refractivity contribution in [1.82, 2.24) is 15.4 Å².